The van der Waals surface area contributed by atoms with Gasteiger partial charge in [-0.05, 0) is 24.1 Å². The number of rotatable bonds is 4. The van der Waals surface area contributed by atoms with E-state index in [9.17, 15) is 0 Å². The number of hydrogen-bond donors (Lipinski definition) is 0. The summed E-state index contributed by atoms with van der Waals surface area (Å²) in [6.45, 7) is 5.93. The minimum absolute atomic E-state index is 0.000185. The number of aromatic nitrogens is 1. The first-order valence-electron chi connectivity index (χ1n) is 6.26. The smallest absolute Gasteiger partial charge is 0.0947 e. The van der Waals surface area contributed by atoms with Gasteiger partial charge in [-0.1, -0.05) is 43.0 Å². The first-order chi connectivity index (χ1) is 9.22. The van der Waals surface area contributed by atoms with Crippen LogP contribution in [0.15, 0.2) is 60.8 Å². The van der Waals surface area contributed by atoms with Crippen LogP contribution in [0.25, 0.3) is 0 Å². The normalized spacial score (nSPS) is 11.6. The minimum Gasteiger partial charge on any atom is -0.261 e. The van der Waals surface area contributed by atoms with E-state index in [2.05, 4.69) is 17.6 Å². The van der Waals surface area contributed by atoms with Gasteiger partial charge in [-0.25, -0.2) is 0 Å². The molecule has 0 amide bonds. The van der Waals surface area contributed by atoms with Crippen LogP contribution in [0.5, 0.6) is 0 Å². The maximum Gasteiger partial charge on any atom is 0.0947 e. The van der Waals surface area contributed by atoms with Gasteiger partial charge in [0.15, 0.2) is 0 Å². The van der Waals surface area contributed by atoms with Crippen LogP contribution in [-0.2, 0) is 6.42 Å². The van der Waals surface area contributed by atoms with Crippen molar-refractivity contribution in [3.63, 3.8) is 0 Å². The highest BCUT2D eigenvalue weighted by Crippen LogP contribution is 2.27. The van der Waals surface area contributed by atoms with Gasteiger partial charge in [0.1, 0.15) is 0 Å². The van der Waals surface area contributed by atoms with Gasteiger partial charge >= 0.3 is 0 Å². The summed E-state index contributed by atoms with van der Waals surface area (Å²) >= 11 is 0. The standard InChI is InChI=1S/C17H16N2/c1-13-7-6-10-19-17(13)11-16(14(2)12-18)15-8-4-3-5-9-15/h3-10,16H,2,11H2,1H3/t16-/m0/s1. The molecule has 1 heterocycles. The number of pyridine rings is 1. The number of hydrogen-bond acceptors (Lipinski definition) is 2. The molecule has 0 spiro atoms. The SMILES string of the molecule is C=C(C#N)[C@H](Cc1ncccc1C)c1ccccc1. The molecule has 2 rings (SSSR count). The molecule has 0 saturated heterocycles. The highest BCUT2D eigenvalue weighted by Gasteiger charge is 2.17. The molecule has 19 heavy (non-hydrogen) atoms. The fraction of sp³-hybridized carbons (Fsp3) is 0.176. The van der Waals surface area contributed by atoms with Crippen LogP contribution in [-0.4, -0.2) is 4.98 Å². The molecule has 0 unspecified atom stereocenters. The predicted molar refractivity (Wildman–Crippen MR) is 76.6 cm³/mol. The Labute approximate surface area is 114 Å². The molecule has 2 nitrogen and oxygen atoms in total. The third-order valence-electron chi connectivity index (χ3n) is 3.28. The summed E-state index contributed by atoms with van der Waals surface area (Å²) in [5, 5.41) is 9.14. The van der Waals surface area contributed by atoms with Crippen LogP contribution in [0.3, 0.4) is 0 Å². The summed E-state index contributed by atoms with van der Waals surface area (Å²) in [7, 11) is 0. The molecule has 94 valence electrons. The van der Waals surface area contributed by atoms with E-state index in [1.165, 1.54) is 0 Å². The van der Waals surface area contributed by atoms with E-state index in [1.807, 2.05) is 49.4 Å². The van der Waals surface area contributed by atoms with Crippen molar-refractivity contribution in [2.24, 2.45) is 0 Å². The molecule has 0 N–H and O–H groups in total. The first kappa shape index (κ1) is 13.0. The fourth-order valence-corrected chi connectivity index (χ4v) is 2.13. The van der Waals surface area contributed by atoms with Crippen LogP contribution in [0.4, 0.5) is 0 Å². The number of benzene rings is 1. The molecule has 2 aromatic rings. The van der Waals surface area contributed by atoms with E-state index in [0.717, 1.165) is 16.8 Å². The summed E-state index contributed by atoms with van der Waals surface area (Å²) in [4.78, 5) is 4.41. The minimum atomic E-state index is -0.000185. The zero-order valence-corrected chi connectivity index (χ0v) is 11.0. The molecule has 0 aliphatic heterocycles. The highest BCUT2D eigenvalue weighted by atomic mass is 14.7. The number of aryl methyl sites for hydroxylation is 1. The topological polar surface area (TPSA) is 36.7 Å². The Morgan fingerprint density at radius 1 is 1.26 bits per heavy atom. The summed E-state index contributed by atoms with van der Waals surface area (Å²) < 4.78 is 0. The van der Waals surface area contributed by atoms with Crippen molar-refractivity contribution in [3.05, 3.63) is 77.6 Å². The first-order valence-corrected chi connectivity index (χ1v) is 6.26. The predicted octanol–water partition coefficient (Wildman–Crippen LogP) is 3.80. The molecule has 1 atom stereocenters. The average molecular weight is 248 g/mol. The monoisotopic (exact) mass is 248 g/mol. The van der Waals surface area contributed by atoms with Gasteiger partial charge in [0, 0.05) is 29.8 Å². The molecule has 0 fully saturated rings. The van der Waals surface area contributed by atoms with Gasteiger partial charge in [0.25, 0.3) is 0 Å². The van der Waals surface area contributed by atoms with Crippen molar-refractivity contribution in [3.8, 4) is 6.07 Å². The molecule has 2 heteroatoms. The van der Waals surface area contributed by atoms with Gasteiger partial charge in [-0.2, -0.15) is 5.26 Å². The van der Waals surface area contributed by atoms with Gasteiger partial charge in [0.05, 0.1) is 6.07 Å². The molecule has 0 aliphatic carbocycles. The van der Waals surface area contributed by atoms with E-state index >= 15 is 0 Å². The van der Waals surface area contributed by atoms with Crippen LogP contribution in [0.1, 0.15) is 22.7 Å². The lowest BCUT2D eigenvalue weighted by Gasteiger charge is -2.16. The largest absolute Gasteiger partial charge is 0.261 e. The van der Waals surface area contributed by atoms with Crippen molar-refractivity contribution in [1.29, 1.82) is 5.26 Å². The quantitative estimate of drug-likeness (QED) is 0.772. The Hall–Kier alpha value is -2.40. The maximum absolute atomic E-state index is 9.14. The summed E-state index contributed by atoms with van der Waals surface area (Å²) in [6, 6.07) is 16.2. The zero-order valence-electron chi connectivity index (χ0n) is 11.0. The van der Waals surface area contributed by atoms with Crippen LogP contribution >= 0.6 is 0 Å². The van der Waals surface area contributed by atoms with E-state index in [4.69, 9.17) is 5.26 Å². The fourth-order valence-electron chi connectivity index (χ4n) is 2.13. The van der Waals surface area contributed by atoms with Gasteiger partial charge in [0.2, 0.25) is 0 Å². The van der Waals surface area contributed by atoms with E-state index < -0.39 is 0 Å². The lowest BCUT2D eigenvalue weighted by atomic mass is 9.87. The summed E-state index contributed by atoms with van der Waals surface area (Å²) in [5.41, 5.74) is 3.86. The third kappa shape index (κ3) is 3.08. The Kier molecular flexibility index (Phi) is 4.10. The Morgan fingerprint density at radius 3 is 2.63 bits per heavy atom. The lowest BCUT2D eigenvalue weighted by molar-refractivity contribution is 0.780. The average Bonchev–Trinajstić information content (AvgIpc) is 2.46. The molecule has 0 saturated carbocycles. The molecular weight excluding hydrogens is 232 g/mol. The molecule has 1 aromatic heterocycles. The lowest BCUT2D eigenvalue weighted by Crippen LogP contribution is -2.07. The second kappa shape index (κ2) is 5.97. The Morgan fingerprint density at radius 2 is 2.00 bits per heavy atom. The molecule has 0 bridgehead atoms. The highest BCUT2D eigenvalue weighted by molar-refractivity contribution is 5.37. The van der Waals surface area contributed by atoms with Gasteiger partial charge in [-0.3, -0.25) is 4.98 Å². The second-order valence-corrected chi connectivity index (χ2v) is 4.57. The Bertz CT molecular complexity index is 609. The van der Waals surface area contributed by atoms with E-state index in [0.29, 0.717) is 12.0 Å². The molecule has 0 aliphatic rings. The van der Waals surface area contributed by atoms with Crippen molar-refractivity contribution in [1.82, 2.24) is 4.98 Å². The van der Waals surface area contributed by atoms with Crippen LogP contribution in [0, 0.1) is 18.3 Å². The number of nitriles is 1. The van der Waals surface area contributed by atoms with E-state index in [1.54, 1.807) is 6.20 Å². The molecular formula is C17H16N2. The summed E-state index contributed by atoms with van der Waals surface area (Å²) in [6.07, 6.45) is 2.50. The van der Waals surface area contributed by atoms with Crippen molar-refractivity contribution in [2.45, 2.75) is 19.3 Å². The second-order valence-electron chi connectivity index (χ2n) is 4.57. The third-order valence-corrected chi connectivity index (χ3v) is 3.28. The maximum atomic E-state index is 9.14. The van der Waals surface area contributed by atoms with Gasteiger partial charge in [-0.15, -0.1) is 0 Å². The van der Waals surface area contributed by atoms with Crippen molar-refractivity contribution in [2.75, 3.05) is 0 Å². The van der Waals surface area contributed by atoms with E-state index in [-0.39, 0.29) is 5.92 Å². The Balaban J connectivity index is 2.33. The van der Waals surface area contributed by atoms with Gasteiger partial charge < -0.3 is 0 Å². The van der Waals surface area contributed by atoms with Crippen molar-refractivity contribution < 1.29 is 0 Å². The van der Waals surface area contributed by atoms with Crippen LogP contribution in [0.2, 0.25) is 0 Å². The zero-order chi connectivity index (χ0) is 13.7. The molecule has 1 aromatic carbocycles. The number of allylic oxidation sites excluding steroid dienone is 1. The molecule has 0 radical (unpaired) electrons. The summed E-state index contributed by atoms with van der Waals surface area (Å²) in [5.74, 6) is -0.000185. The van der Waals surface area contributed by atoms with Crippen molar-refractivity contribution >= 4 is 0 Å². The number of nitrogens with zero attached hydrogens (tertiary/aromatic N) is 2. The van der Waals surface area contributed by atoms with Crippen LogP contribution < -0.4 is 0 Å².